The predicted octanol–water partition coefficient (Wildman–Crippen LogP) is 1.88. The molecule has 3 N–H and O–H groups in total. The van der Waals surface area contributed by atoms with Gasteiger partial charge in [0.2, 0.25) is 0 Å². The van der Waals surface area contributed by atoms with Gasteiger partial charge in [-0.1, -0.05) is 6.07 Å². The van der Waals surface area contributed by atoms with Gasteiger partial charge in [-0.2, -0.15) is 0 Å². The van der Waals surface area contributed by atoms with Crippen molar-refractivity contribution >= 4 is 5.96 Å². The summed E-state index contributed by atoms with van der Waals surface area (Å²) in [5.41, 5.74) is 0.970. The summed E-state index contributed by atoms with van der Waals surface area (Å²) in [5, 5.41) is 16.2. The molecule has 0 heterocycles. The van der Waals surface area contributed by atoms with Crippen LogP contribution in [0.3, 0.4) is 0 Å². The van der Waals surface area contributed by atoms with E-state index in [0.717, 1.165) is 18.1 Å². The quantitative estimate of drug-likeness (QED) is 0.505. The van der Waals surface area contributed by atoms with Crippen molar-refractivity contribution in [2.24, 2.45) is 4.99 Å². The zero-order chi connectivity index (χ0) is 16.4. The van der Waals surface area contributed by atoms with Crippen LogP contribution in [0.4, 0.5) is 0 Å². The van der Waals surface area contributed by atoms with E-state index in [1.165, 1.54) is 0 Å². The van der Waals surface area contributed by atoms with Crippen LogP contribution >= 0.6 is 0 Å². The maximum atomic E-state index is 9.71. The number of methoxy groups -OCH3 is 1. The molecule has 1 aromatic rings. The summed E-state index contributed by atoms with van der Waals surface area (Å²) in [4.78, 5) is 4.54. The fourth-order valence-electron chi connectivity index (χ4n) is 1.94. The van der Waals surface area contributed by atoms with Gasteiger partial charge in [0, 0.05) is 19.7 Å². The number of aromatic hydroxyl groups is 1. The number of aliphatic imine (C=N–C) groups is 1. The molecule has 1 atom stereocenters. The van der Waals surface area contributed by atoms with Crippen LogP contribution in [0.25, 0.3) is 0 Å². The molecule has 0 saturated carbocycles. The van der Waals surface area contributed by atoms with E-state index < -0.39 is 0 Å². The number of hydrogen-bond acceptors (Lipinski definition) is 4. The molecular weight excluding hydrogens is 282 g/mol. The Kier molecular flexibility index (Phi) is 8.14. The molecule has 0 spiro atoms. The second kappa shape index (κ2) is 9.89. The molecule has 0 aliphatic carbocycles. The minimum absolute atomic E-state index is 0.147. The molecule has 1 aromatic carbocycles. The van der Waals surface area contributed by atoms with Gasteiger partial charge in [-0.15, -0.1) is 0 Å². The Labute approximate surface area is 132 Å². The van der Waals surface area contributed by atoms with Crippen LogP contribution < -0.4 is 15.4 Å². The first-order valence-corrected chi connectivity index (χ1v) is 7.59. The van der Waals surface area contributed by atoms with E-state index in [0.29, 0.717) is 25.5 Å². The fraction of sp³-hybridized carbons (Fsp3) is 0.562. The van der Waals surface area contributed by atoms with E-state index in [2.05, 4.69) is 15.6 Å². The fourth-order valence-corrected chi connectivity index (χ4v) is 1.94. The van der Waals surface area contributed by atoms with Crippen molar-refractivity contribution in [3.63, 3.8) is 0 Å². The maximum Gasteiger partial charge on any atom is 0.191 e. The second-order valence-electron chi connectivity index (χ2n) is 4.93. The van der Waals surface area contributed by atoms with E-state index in [1.54, 1.807) is 13.2 Å². The number of phenols is 1. The molecule has 0 aliphatic rings. The Morgan fingerprint density at radius 2 is 2.14 bits per heavy atom. The highest BCUT2D eigenvalue weighted by Crippen LogP contribution is 2.26. The van der Waals surface area contributed by atoms with E-state index in [4.69, 9.17) is 9.47 Å². The third-order valence-electron chi connectivity index (χ3n) is 2.89. The molecule has 124 valence electrons. The van der Waals surface area contributed by atoms with Gasteiger partial charge in [-0.05, 0) is 38.5 Å². The summed E-state index contributed by atoms with van der Waals surface area (Å²) in [6, 6.07) is 5.44. The van der Waals surface area contributed by atoms with Crippen LogP contribution in [0, 0.1) is 0 Å². The monoisotopic (exact) mass is 309 g/mol. The molecule has 22 heavy (non-hydrogen) atoms. The lowest BCUT2D eigenvalue weighted by Gasteiger charge is -2.17. The Morgan fingerprint density at radius 1 is 1.36 bits per heavy atom. The molecule has 6 heteroatoms. The van der Waals surface area contributed by atoms with Crippen LogP contribution in [0.5, 0.6) is 11.5 Å². The van der Waals surface area contributed by atoms with Gasteiger partial charge < -0.3 is 25.2 Å². The molecule has 0 radical (unpaired) electrons. The topological polar surface area (TPSA) is 75.1 Å². The molecule has 0 fully saturated rings. The van der Waals surface area contributed by atoms with Gasteiger partial charge in [0.25, 0.3) is 0 Å². The third-order valence-corrected chi connectivity index (χ3v) is 2.89. The summed E-state index contributed by atoms with van der Waals surface area (Å²) in [7, 11) is 1.67. The summed E-state index contributed by atoms with van der Waals surface area (Å²) >= 11 is 0. The average Bonchev–Trinajstić information content (AvgIpc) is 2.48. The first-order valence-electron chi connectivity index (χ1n) is 7.59. The number of nitrogens with one attached hydrogen (secondary N) is 2. The number of guanidine groups is 1. The first kappa shape index (κ1) is 18.1. The molecule has 0 amide bonds. The minimum atomic E-state index is 0.147. The van der Waals surface area contributed by atoms with Gasteiger partial charge in [0.05, 0.1) is 19.8 Å². The SMILES string of the molecule is CCNC(=NCc1ccc(O)c(OCC)c1)NC(C)COC. The lowest BCUT2D eigenvalue weighted by atomic mass is 10.2. The molecule has 0 aromatic heterocycles. The zero-order valence-electron chi connectivity index (χ0n) is 13.8. The maximum absolute atomic E-state index is 9.71. The van der Waals surface area contributed by atoms with Crippen LogP contribution in [-0.4, -0.2) is 44.0 Å². The van der Waals surface area contributed by atoms with E-state index >= 15 is 0 Å². The summed E-state index contributed by atoms with van der Waals surface area (Å²) < 4.78 is 10.5. The summed E-state index contributed by atoms with van der Waals surface area (Å²) in [6.45, 7) is 8.34. The number of nitrogens with zero attached hydrogens (tertiary/aromatic N) is 1. The Hall–Kier alpha value is -1.95. The predicted molar refractivity (Wildman–Crippen MR) is 88.6 cm³/mol. The summed E-state index contributed by atoms with van der Waals surface area (Å²) in [5.74, 6) is 1.37. The largest absolute Gasteiger partial charge is 0.504 e. The Bertz CT molecular complexity index is 478. The number of rotatable bonds is 8. The number of ether oxygens (including phenoxy) is 2. The van der Waals surface area contributed by atoms with Gasteiger partial charge in [-0.25, -0.2) is 4.99 Å². The zero-order valence-corrected chi connectivity index (χ0v) is 13.8. The highest BCUT2D eigenvalue weighted by atomic mass is 16.5. The minimum Gasteiger partial charge on any atom is -0.504 e. The van der Waals surface area contributed by atoms with Crippen molar-refractivity contribution in [3.8, 4) is 11.5 Å². The lowest BCUT2D eigenvalue weighted by Crippen LogP contribution is -2.43. The van der Waals surface area contributed by atoms with Crippen molar-refractivity contribution in [2.75, 3.05) is 26.9 Å². The smallest absolute Gasteiger partial charge is 0.191 e. The number of benzene rings is 1. The molecule has 0 aliphatic heterocycles. The standard InChI is InChI=1S/C16H27N3O3/c1-5-17-16(19-12(3)11-21-4)18-10-13-7-8-14(20)15(9-13)22-6-2/h7-9,12,20H,5-6,10-11H2,1-4H3,(H2,17,18,19). The van der Waals surface area contributed by atoms with Crippen molar-refractivity contribution in [1.29, 1.82) is 0 Å². The third kappa shape index (κ3) is 6.22. The molecule has 0 saturated heterocycles. The number of hydrogen-bond donors (Lipinski definition) is 3. The van der Waals surface area contributed by atoms with E-state index in [-0.39, 0.29) is 11.8 Å². The normalized spacial score (nSPS) is 12.8. The molecule has 1 unspecified atom stereocenters. The molecule has 6 nitrogen and oxygen atoms in total. The van der Waals surface area contributed by atoms with E-state index in [1.807, 2.05) is 32.9 Å². The van der Waals surface area contributed by atoms with Crippen molar-refractivity contribution in [2.45, 2.75) is 33.4 Å². The van der Waals surface area contributed by atoms with E-state index in [9.17, 15) is 5.11 Å². The lowest BCUT2D eigenvalue weighted by molar-refractivity contribution is 0.179. The van der Waals surface area contributed by atoms with Crippen LogP contribution in [-0.2, 0) is 11.3 Å². The Balaban J connectivity index is 2.74. The average molecular weight is 309 g/mol. The number of phenolic OH excluding ortho intramolecular Hbond substituents is 1. The summed E-state index contributed by atoms with van der Waals surface area (Å²) in [6.07, 6.45) is 0. The highest BCUT2D eigenvalue weighted by molar-refractivity contribution is 5.80. The molecule has 1 rings (SSSR count). The highest BCUT2D eigenvalue weighted by Gasteiger charge is 2.06. The van der Waals surface area contributed by atoms with Gasteiger partial charge in [-0.3, -0.25) is 0 Å². The van der Waals surface area contributed by atoms with Crippen molar-refractivity contribution in [3.05, 3.63) is 23.8 Å². The first-order chi connectivity index (χ1) is 10.6. The van der Waals surface area contributed by atoms with Crippen LogP contribution in [0.15, 0.2) is 23.2 Å². The van der Waals surface area contributed by atoms with Gasteiger partial charge >= 0.3 is 0 Å². The van der Waals surface area contributed by atoms with Crippen molar-refractivity contribution < 1.29 is 14.6 Å². The van der Waals surface area contributed by atoms with Crippen LogP contribution in [0.2, 0.25) is 0 Å². The van der Waals surface area contributed by atoms with Crippen molar-refractivity contribution in [1.82, 2.24) is 10.6 Å². The van der Waals surface area contributed by atoms with Gasteiger partial charge in [0.15, 0.2) is 17.5 Å². The molecular formula is C16H27N3O3. The molecule has 0 bridgehead atoms. The Morgan fingerprint density at radius 3 is 2.77 bits per heavy atom. The second-order valence-corrected chi connectivity index (χ2v) is 4.93. The van der Waals surface area contributed by atoms with Gasteiger partial charge in [0.1, 0.15) is 0 Å². The van der Waals surface area contributed by atoms with Crippen LogP contribution in [0.1, 0.15) is 26.3 Å².